The first kappa shape index (κ1) is 15.7. The second-order valence-electron chi connectivity index (χ2n) is 6.04. The van der Waals surface area contributed by atoms with Crippen molar-refractivity contribution in [1.82, 2.24) is 4.98 Å². The van der Waals surface area contributed by atoms with Gasteiger partial charge in [-0.15, -0.1) is 0 Å². The van der Waals surface area contributed by atoms with Crippen LogP contribution >= 0.6 is 0 Å². The van der Waals surface area contributed by atoms with Crippen LogP contribution in [-0.4, -0.2) is 16.1 Å². The Balaban J connectivity index is 1.82. The van der Waals surface area contributed by atoms with E-state index in [-0.39, 0.29) is 5.56 Å². The van der Waals surface area contributed by atoms with Crippen molar-refractivity contribution >= 4 is 16.9 Å². The molecule has 0 saturated heterocycles. The van der Waals surface area contributed by atoms with E-state index in [4.69, 9.17) is 10.4 Å². The largest absolute Gasteiger partial charge is 0.478 e. The van der Waals surface area contributed by atoms with Crippen molar-refractivity contribution in [3.8, 4) is 28.3 Å². The fourth-order valence-corrected chi connectivity index (χ4v) is 3.10. The Labute approximate surface area is 150 Å². The van der Waals surface area contributed by atoms with Crippen LogP contribution in [0.15, 0.2) is 72.9 Å². The van der Waals surface area contributed by atoms with Gasteiger partial charge in [0.15, 0.2) is 0 Å². The summed E-state index contributed by atoms with van der Waals surface area (Å²) in [5, 5.41) is 19.2. The van der Waals surface area contributed by atoms with E-state index in [0.717, 1.165) is 33.2 Å². The Kier molecular flexibility index (Phi) is 3.75. The number of aromatic amines is 1. The monoisotopic (exact) mass is 338 g/mol. The van der Waals surface area contributed by atoms with Crippen molar-refractivity contribution in [2.24, 2.45) is 0 Å². The third kappa shape index (κ3) is 2.72. The van der Waals surface area contributed by atoms with Crippen molar-refractivity contribution in [1.29, 1.82) is 5.26 Å². The molecule has 0 fully saturated rings. The number of hydrogen-bond donors (Lipinski definition) is 2. The Morgan fingerprint density at radius 3 is 2.38 bits per heavy atom. The van der Waals surface area contributed by atoms with Gasteiger partial charge in [0.1, 0.15) is 0 Å². The number of hydrogen-bond acceptors (Lipinski definition) is 2. The molecule has 3 aromatic carbocycles. The van der Waals surface area contributed by atoms with Gasteiger partial charge in [-0.05, 0) is 53.1 Å². The van der Waals surface area contributed by atoms with Crippen LogP contribution in [0.4, 0.5) is 0 Å². The number of aromatic carboxylic acids is 1. The van der Waals surface area contributed by atoms with Gasteiger partial charge in [-0.2, -0.15) is 5.26 Å². The van der Waals surface area contributed by atoms with Crippen LogP contribution < -0.4 is 0 Å². The first-order valence-electron chi connectivity index (χ1n) is 8.11. The molecule has 0 aliphatic heterocycles. The zero-order chi connectivity index (χ0) is 18.1. The van der Waals surface area contributed by atoms with E-state index in [9.17, 15) is 4.79 Å². The molecule has 0 aliphatic rings. The van der Waals surface area contributed by atoms with Crippen LogP contribution in [0.3, 0.4) is 0 Å². The molecule has 1 heterocycles. The maximum atomic E-state index is 11.0. The molecule has 0 atom stereocenters. The quantitative estimate of drug-likeness (QED) is 0.547. The van der Waals surface area contributed by atoms with Crippen molar-refractivity contribution < 1.29 is 9.90 Å². The number of H-pyrrole nitrogens is 1. The van der Waals surface area contributed by atoms with Crippen molar-refractivity contribution in [3.05, 3.63) is 84.1 Å². The second-order valence-corrected chi connectivity index (χ2v) is 6.04. The van der Waals surface area contributed by atoms with Gasteiger partial charge in [0, 0.05) is 22.7 Å². The van der Waals surface area contributed by atoms with Crippen LogP contribution in [0.5, 0.6) is 0 Å². The zero-order valence-electron chi connectivity index (χ0n) is 13.7. The number of carboxylic acid groups (broad SMARTS) is 1. The van der Waals surface area contributed by atoms with Crippen molar-refractivity contribution in [2.45, 2.75) is 0 Å². The smallest absolute Gasteiger partial charge is 0.335 e. The highest BCUT2D eigenvalue weighted by Gasteiger charge is 2.09. The minimum Gasteiger partial charge on any atom is -0.478 e. The summed E-state index contributed by atoms with van der Waals surface area (Å²) in [6.07, 6.45) is 1.93. The number of aromatic nitrogens is 1. The standard InChI is InChI=1S/C22H14N2O2/c23-12-14-2-1-3-17(10-14)18-8-9-21-19(11-18)20(13-24-21)15-4-6-16(7-5-15)22(25)26/h1-11,13,24H,(H,25,26). The van der Waals surface area contributed by atoms with E-state index in [0.29, 0.717) is 5.56 Å². The number of nitrogens with zero attached hydrogens (tertiary/aromatic N) is 1. The molecule has 0 unspecified atom stereocenters. The van der Waals surface area contributed by atoms with E-state index >= 15 is 0 Å². The van der Waals surface area contributed by atoms with Gasteiger partial charge < -0.3 is 10.1 Å². The third-order valence-electron chi connectivity index (χ3n) is 4.45. The molecular weight excluding hydrogens is 324 g/mol. The molecule has 4 nitrogen and oxygen atoms in total. The van der Waals surface area contributed by atoms with Gasteiger partial charge in [0.05, 0.1) is 17.2 Å². The van der Waals surface area contributed by atoms with Crippen LogP contribution in [0.25, 0.3) is 33.2 Å². The van der Waals surface area contributed by atoms with Crippen LogP contribution in [-0.2, 0) is 0 Å². The number of nitriles is 1. The molecule has 0 amide bonds. The summed E-state index contributed by atoms with van der Waals surface area (Å²) in [6.45, 7) is 0. The minimum absolute atomic E-state index is 0.266. The molecule has 0 aliphatic carbocycles. The molecule has 0 radical (unpaired) electrons. The maximum absolute atomic E-state index is 11.0. The lowest BCUT2D eigenvalue weighted by Crippen LogP contribution is -1.94. The first-order chi connectivity index (χ1) is 12.7. The minimum atomic E-state index is -0.935. The Hall–Kier alpha value is -3.84. The van der Waals surface area contributed by atoms with E-state index in [2.05, 4.69) is 17.1 Å². The molecular formula is C22H14N2O2. The highest BCUT2D eigenvalue weighted by molar-refractivity contribution is 5.98. The molecule has 4 rings (SSSR count). The fraction of sp³-hybridized carbons (Fsp3) is 0. The average molecular weight is 338 g/mol. The van der Waals surface area contributed by atoms with Crippen molar-refractivity contribution in [3.63, 3.8) is 0 Å². The lowest BCUT2D eigenvalue weighted by atomic mass is 9.98. The van der Waals surface area contributed by atoms with Gasteiger partial charge in [-0.1, -0.05) is 30.3 Å². The topological polar surface area (TPSA) is 76.9 Å². The molecule has 4 aromatic rings. The van der Waals surface area contributed by atoms with E-state index < -0.39 is 5.97 Å². The van der Waals surface area contributed by atoms with Crippen molar-refractivity contribution in [2.75, 3.05) is 0 Å². The molecule has 4 heteroatoms. The van der Waals surface area contributed by atoms with E-state index in [1.807, 2.05) is 48.7 Å². The summed E-state index contributed by atoms with van der Waals surface area (Å²) in [6, 6.07) is 22.6. The molecule has 0 spiro atoms. The number of benzene rings is 3. The summed E-state index contributed by atoms with van der Waals surface area (Å²) in [5.41, 5.74) is 5.86. The maximum Gasteiger partial charge on any atom is 0.335 e. The lowest BCUT2D eigenvalue weighted by Gasteiger charge is -2.05. The van der Waals surface area contributed by atoms with Crippen LogP contribution in [0.2, 0.25) is 0 Å². The predicted molar refractivity (Wildman–Crippen MR) is 101 cm³/mol. The Bertz CT molecular complexity index is 1160. The average Bonchev–Trinajstić information content (AvgIpc) is 3.11. The van der Waals surface area contributed by atoms with Gasteiger partial charge in [0.25, 0.3) is 0 Å². The molecule has 0 saturated carbocycles. The molecule has 124 valence electrons. The predicted octanol–water partition coefficient (Wildman–Crippen LogP) is 5.07. The highest BCUT2D eigenvalue weighted by Crippen LogP contribution is 2.32. The van der Waals surface area contributed by atoms with Gasteiger partial charge in [0.2, 0.25) is 0 Å². The van der Waals surface area contributed by atoms with Gasteiger partial charge >= 0.3 is 5.97 Å². The van der Waals surface area contributed by atoms with Gasteiger partial charge in [-0.25, -0.2) is 4.79 Å². The SMILES string of the molecule is N#Cc1cccc(-c2ccc3[nH]cc(-c4ccc(C(=O)O)cc4)c3c2)c1. The highest BCUT2D eigenvalue weighted by atomic mass is 16.4. The summed E-state index contributed by atoms with van der Waals surface area (Å²) < 4.78 is 0. The molecule has 26 heavy (non-hydrogen) atoms. The van der Waals surface area contributed by atoms with Crippen LogP contribution in [0, 0.1) is 11.3 Å². The summed E-state index contributed by atoms with van der Waals surface area (Å²) in [7, 11) is 0. The molecule has 1 aromatic heterocycles. The fourth-order valence-electron chi connectivity index (χ4n) is 3.10. The first-order valence-corrected chi connectivity index (χ1v) is 8.11. The number of nitrogens with one attached hydrogen (secondary N) is 1. The van der Waals surface area contributed by atoms with Gasteiger partial charge in [-0.3, -0.25) is 0 Å². The van der Waals surface area contributed by atoms with Crippen LogP contribution in [0.1, 0.15) is 15.9 Å². The zero-order valence-corrected chi connectivity index (χ0v) is 13.7. The number of rotatable bonds is 3. The molecule has 0 bridgehead atoms. The molecule has 2 N–H and O–H groups in total. The normalized spacial score (nSPS) is 10.6. The summed E-state index contributed by atoms with van der Waals surface area (Å²) in [4.78, 5) is 14.3. The number of carbonyl (C=O) groups is 1. The number of fused-ring (bicyclic) bond motifs is 1. The summed E-state index contributed by atoms with van der Waals surface area (Å²) >= 11 is 0. The second kappa shape index (κ2) is 6.23. The van der Waals surface area contributed by atoms with E-state index in [1.165, 1.54) is 0 Å². The van der Waals surface area contributed by atoms with E-state index in [1.54, 1.807) is 18.2 Å². The number of carboxylic acids is 1. The lowest BCUT2D eigenvalue weighted by molar-refractivity contribution is 0.0697. The Morgan fingerprint density at radius 2 is 1.65 bits per heavy atom. The Morgan fingerprint density at radius 1 is 0.923 bits per heavy atom. The third-order valence-corrected chi connectivity index (χ3v) is 4.45. The summed E-state index contributed by atoms with van der Waals surface area (Å²) in [5.74, 6) is -0.935.